The zero-order valence-corrected chi connectivity index (χ0v) is 8.42. The number of aryl methyl sites for hydroxylation is 1. The van der Waals surface area contributed by atoms with Crippen LogP contribution in [0.5, 0.6) is 0 Å². The fraction of sp³-hybridized carbons (Fsp3) is 0.444. The third-order valence-corrected chi connectivity index (χ3v) is 1.73. The van der Waals surface area contributed by atoms with E-state index in [0.29, 0.717) is 6.42 Å². The largest absolute Gasteiger partial charge is 0.396 e. The van der Waals surface area contributed by atoms with Crippen LogP contribution in [0, 0.1) is 6.92 Å². The van der Waals surface area contributed by atoms with Gasteiger partial charge in [-0.3, -0.25) is 4.98 Å². The number of pyridine rings is 1. The summed E-state index contributed by atoms with van der Waals surface area (Å²) < 4.78 is 0. The monoisotopic (exact) mass is 202 g/mol. The Balaban J connectivity index is 0.00000144. The Kier molecular flexibility index (Phi) is 5.62. The van der Waals surface area contributed by atoms with Gasteiger partial charge in [0, 0.05) is 18.3 Å². The molecule has 0 saturated carbocycles. The second-order valence-electron chi connectivity index (χ2n) is 2.82. The van der Waals surface area contributed by atoms with E-state index >= 15 is 0 Å². The van der Waals surface area contributed by atoms with Crippen molar-refractivity contribution in [2.75, 3.05) is 6.61 Å². The van der Waals surface area contributed by atoms with Crippen LogP contribution in [0.2, 0.25) is 0 Å². The molecule has 1 heterocycles. The maximum absolute atomic E-state index is 8.66. The summed E-state index contributed by atoms with van der Waals surface area (Å²) in [6, 6.07) is 5.59. The highest BCUT2D eigenvalue weighted by molar-refractivity contribution is 5.85. The zero-order valence-electron chi connectivity index (χ0n) is 7.60. The first kappa shape index (κ1) is 12.4. The lowest BCUT2D eigenvalue weighted by molar-refractivity contribution is 0.275. The normalized spacial score (nSPS) is 11.9. The van der Waals surface area contributed by atoms with Crippen LogP contribution in [0.15, 0.2) is 18.2 Å². The standard InChI is InChI=1S/C9H14N2O.ClH/c1-7-3-2-4-9(11-7)8(10)5-6-12;/h2-4,8,12H,5-6,10H2,1H3;1H/t8-;/m0./s1. The minimum absolute atomic E-state index is 0. The minimum atomic E-state index is -0.144. The van der Waals surface area contributed by atoms with Crippen molar-refractivity contribution >= 4 is 12.4 Å². The van der Waals surface area contributed by atoms with E-state index in [1.165, 1.54) is 0 Å². The molecular weight excluding hydrogens is 188 g/mol. The van der Waals surface area contributed by atoms with E-state index in [-0.39, 0.29) is 25.1 Å². The average molecular weight is 203 g/mol. The van der Waals surface area contributed by atoms with Gasteiger partial charge >= 0.3 is 0 Å². The molecule has 0 aliphatic rings. The van der Waals surface area contributed by atoms with Gasteiger partial charge in [0.2, 0.25) is 0 Å². The van der Waals surface area contributed by atoms with E-state index in [1.54, 1.807) is 0 Å². The maximum Gasteiger partial charge on any atom is 0.0575 e. The van der Waals surface area contributed by atoms with Crippen molar-refractivity contribution in [3.63, 3.8) is 0 Å². The summed E-state index contributed by atoms with van der Waals surface area (Å²) in [6.07, 6.45) is 0.566. The number of rotatable bonds is 3. The first-order valence-corrected chi connectivity index (χ1v) is 4.04. The van der Waals surface area contributed by atoms with Gasteiger partial charge in [-0.1, -0.05) is 6.07 Å². The number of hydrogen-bond acceptors (Lipinski definition) is 3. The molecule has 0 radical (unpaired) electrons. The smallest absolute Gasteiger partial charge is 0.0575 e. The first-order valence-electron chi connectivity index (χ1n) is 4.04. The molecule has 0 aromatic carbocycles. The molecule has 1 rings (SSSR count). The van der Waals surface area contributed by atoms with Gasteiger partial charge in [-0.15, -0.1) is 12.4 Å². The molecule has 0 aliphatic heterocycles. The fourth-order valence-electron chi connectivity index (χ4n) is 1.06. The highest BCUT2D eigenvalue weighted by atomic mass is 35.5. The number of hydrogen-bond donors (Lipinski definition) is 2. The van der Waals surface area contributed by atoms with Crippen LogP contribution in [0.4, 0.5) is 0 Å². The van der Waals surface area contributed by atoms with Crippen molar-refractivity contribution in [2.45, 2.75) is 19.4 Å². The number of aliphatic hydroxyl groups excluding tert-OH is 1. The molecular formula is C9H15ClN2O. The second-order valence-corrected chi connectivity index (χ2v) is 2.82. The van der Waals surface area contributed by atoms with Gasteiger partial charge in [0.05, 0.1) is 5.69 Å². The molecule has 0 bridgehead atoms. The molecule has 3 N–H and O–H groups in total. The Morgan fingerprint density at radius 1 is 1.54 bits per heavy atom. The lowest BCUT2D eigenvalue weighted by Crippen LogP contribution is -2.13. The molecule has 1 atom stereocenters. The number of halogens is 1. The zero-order chi connectivity index (χ0) is 8.97. The SMILES string of the molecule is Cc1cccc([C@@H](N)CCO)n1.Cl. The van der Waals surface area contributed by atoms with E-state index in [1.807, 2.05) is 25.1 Å². The van der Waals surface area contributed by atoms with Crippen molar-refractivity contribution < 1.29 is 5.11 Å². The highest BCUT2D eigenvalue weighted by Crippen LogP contribution is 2.10. The molecule has 0 aliphatic carbocycles. The summed E-state index contributed by atoms with van der Waals surface area (Å²) in [4.78, 5) is 4.26. The molecule has 0 saturated heterocycles. The second kappa shape index (κ2) is 5.91. The number of nitrogens with two attached hydrogens (primary N) is 1. The van der Waals surface area contributed by atoms with Crippen molar-refractivity contribution in [1.29, 1.82) is 0 Å². The number of aromatic nitrogens is 1. The Hall–Kier alpha value is -0.640. The topological polar surface area (TPSA) is 59.1 Å². The summed E-state index contributed by atoms with van der Waals surface area (Å²) in [5.74, 6) is 0. The van der Waals surface area contributed by atoms with E-state index in [9.17, 15) is 0 Å². The summed E-state index contributed by atoms with van der Waals surface area (Å²) >= 11 is 0. The van der Waals surface area contributed by atoms with Crippen LogP contribution in [-0.2, 0) is 0 Å². The molecule has 4 heteroatoms. The molecule has 3 nitrogen and oxygen atoms in total. The van der Waals surface area contributed by atoms with Gasteiger partial charge in [0.15, 0.2) is 0 Å². The molecule has 0 unspecified atom stereocenters. The molecule has 0 fully saturated rings. The van der Waals surface area contributed by atoms with Gasteiger partial charge in [0.25, 0.3) is 0 Å². The van der Waals surface area contributed by atoms with Crippen LogP contribution in [0.3, 0.4) is 0 Å². The quantitative estimate of drug-likeness (QED) is 0.775. The summed E-state index contributed by atoms with van der Waals surface area (Å²) in [7, 11) is 0. The van der Waals surface area contributed by atoms with Crippen LogP contribution < -0.4 is 5.73 Å². The molecule has 0 spiro atoms. The predicted molar refractivity (Wildman–Crippen MR) is 54.9 cm³/mol. The third-order valence-electron chi connectivity index (χ3n) is 1.73. The lowest BCUT2D eigenvalue weighted by atomic mass is 10.1. The Morgan fingerprint density at radius 3 is 2.77 bits per heavy atom. The van der Waals surface area contributed by atoms with Crippen LogP contribution in [-0.4, -0.2) is 16.7 Å². The molecule has 0 amide bonds. The molecule has 74 valence electrons. The van der Waals surface area contributed by atoms with E-state index in [4.69, 9.17) is 10.8 Å². The predicted octanol–water partition coefficient (Wildman–Crippen LogP) is 1.19. The van der Waals surface area contributed by atoms with Crippen LogP contribution >= 0.6 is 12.4 Å². The molecule has 1 aromatic heterocycles. The molecule has 13 heavy (non-hydrogen) atoms. The van der Waals surface area contributed by atoms with Gasteiger partial charge < -0.3 is 10.8 Å². The van der Waals surface area contributed by atoms with Crippen molar-refractivity contribution in [3.05, 3.63) is 29.6 Å². The number of nitrogens with zero attached hydrogens (tertiary/aromatic N) is 1. The Bertz CT molecular complexity index is 255. The first-order chi connectivity index (χ1) is 5.74. The fourth-order valence-corrected chi connectivity index (χ4v) is 1.06. The van der Waals surface area contributed by atoms with E-state index in [0.717, 1.165) is 11.4 Å². The molecule has 1 aromatic rings. The van der Waals surface area contributed by atoms with Crippen LogP contribution in [0.25, 0.3) is 0 Å². The minimum Gasteiger partial charge on any atom is -0.396 e. The van der Waals surface area contributed by atoms with Crippen LogP contribution in [0.1, 0.15) is 23.9 Å². The Morgan fingerprint density at radius 2 is 2.23 bits per heavy atom. The van der Waals surface area contributed by atoms with Crippen molar-refractivity contribution in [2.24, 2.45) is 5.73 Å². The summed E-state index contributed by atoms with van der Waals surface area (Å²) in [6.45, 7) is 2.03. The van der Waals surface area contributed by atoms with Gasteiger partial charge in [0.1, 0.15) is 0 Å². The lowest BCUT2D eigenvalue weighted by Gasteiger charge is -2.08. The maximum atomic E-state index is 8.66. The van der Waals surface area contributed by atoms with Crippen molar-refractivity contribution in [3.8, 4) is 0 Å². The van der Waals surface area contributed by atoms with Gasteiger partial charge in [-0.05, 0) is 25.5 Å². The third kappa shape index (κ3) is 3.72. The van der Waals surface area contributed by atoms with E-state index < -0.39 is 0 Å². The number of aliphatic hydroxyl groups is 1. The average Bonchev–Trinajstić information content (AvgIpc) is 2.05. The van der Waals surface area contributed by atoms with Gasteiger partial charge in [-0.2, -0.15) is 0 Å². The van der Waals surface area contributed by atoms with Gasteiger partial charge in [-0.25, -0.2) is 0 Å². The Labute approximate surface area is 84.4 Å². The summed E-state index contributed by atoms with van der Waals surface area (Å²) in [5.41, 5.74) is 7.56. The van der Waals surface area contributed by atoms with Crippen molar-refractivity contribution in [1.82, 2.24) is 4.98 Å². The summed E-state index contributed by atoms with van der Waals surface area (Å²) in [5, 5.41) is 8.66. The highest BCUT2D eigenvalue weighted by Gasteiger charge is 2.05. The van der Waals surface area contributed by atoms with E-state index in [2.05, 4.69) is 4.98 Å².